The lowest BCUT2D eigenvalue weighted by atomic mass is 10.1. The minimum absolute atomic E-state index is 0.0493. The van der Waals surface area contributed by atoms with Gasteiger partial charge in [0.2, 0.25) is 0 Å². The topological polar surface area (TPSA) is 298 Å². The first-order valence-corrected chi connectivity index (χ1v) is 31.3. The number of phosphoric acid groups is 2. The summed E-state index contributed by atoms with van der Waals surface area (Å²) in [5.74, 6) is -0.347. The Kier molecular flexibility index (Phi) is 14.5. The Morgan fingerprint density at radius 1 is 0.843 bits per heavy atom. The Hall–Kier alpha value is -4.43. The Bertz CT molecular complexity index is 2920. The summed E-state index contributed by atoms with van der Waals surface area (Å²) >= 11 is 0. The predicted molar refractivity (Wildman–Crippen MR) is 255 cm³/mol. The van der Waals surface area contributed by atoms with E-state index in [1.807, 2.05) is 73.8 Å². The van der Waals surface area contributed by atoms with E-state index in [9.17, 15) is 24.3 Å². The lowest BCUT2D eigenvalue weighted by Gasteiger charge is -2.41. The number of H-pyrrole nitrogens is 1. The smallest absolute Gasteiger partial charge is 0.408 e. The first-order chi connectivity index (χ1) is 32.8. The van der Waals surface area contributed by atoms with Gasteiger partial charge in [-0.2, -0.15) is 5.26 Å². The van der Waals surface area contributed by atoms with E-state index < -0.39 is 123 Å². The van der Waals surface area contributed by atoms with Crippen LogP contribution in [0.2, 0.25) is 36.3 Å². The molecule has 4 aromatic heterocycles. The van der Waals surface area contributed by atoms with Gasteiger partial charge in [-0.1, -0.05) is 59.7 Å². The van der Waals surface area contributed by atoms with E-state index in [4.69, 9.17) is 40.9 Å². The number of hydrogen-bond acceptors (Lipinski definition) is 19. The van der Waals surface area contributed by atoms with E-state index in [0.717, 1.165) is 0 Å². The van der Waals surface area contributed by atoms with Crippen molar-refractivity contribution in [2.24, 2.45) is 0 Å². The van der Waals surface area contributed by atoms with E-state index in [2.05, 4.69) is 35.2 Å². The summed E-state index contributed by atoms with van der Waals surface area (Å²) in [7, 11) is -15.7. The molecule has 10 atom stereocenters. The summed E-state index contributed by atoms with van der Waals surface area (Å²) in [6, 6.07) is 10.5. The van der Waals surface area contributed by atoms with Crippen LogP contribution in [0.4, 0.5) is 5.82 Å². The zero-order chi connectivity index (χ0) is 50.6. The molecule has 378 valence electrons. The van der Waals surface area contributed by atoms with Crippen LogP contribution in [0.15, 0.2) is 60.4 Å². The van der Waals surface area contributed by atoms with Crippen molar-refractivity contribution in [3.8, 4) is 6.07 Å². The molecule has 0 radical (unpaired) electrons. The van der Waals surface area contributed by atoms with Crippen LogP contribution in [0.5, 0.6) is 0 Å². The van der Waals surface area contributed by atoms with Gasteiger partial charge in [-0.3, -0.25) is 41.3 Å². The molecule has 3 aliphatic heterocycles. The first kappa shape index (κ1) is 51.9. The number of amides is 1. The number of carbonyl (C=O) groups is 1. The highest BCUT2D eigenvalue weighted by Gasteiger charge is 2.58. The van der Waals surface area contributed by atoms with Crippen LogP contribution >= 0.6 is 15.6 Å². The highest BCUT2D eigenvalue weighted by molar-refractivity contribution is 7.48. The molecule has 1 amide bonds. The van der Waals surface area contributed by atoms with Gasteiger partial charge in [0, 0.05) is 5.56 Å². The van der Waals surface area contributed by atoms with Gasteiger partial charge in [0.1, 0.15) is 43.0 Å². The molecule has 70 heavy (non-hydrogen) atoms. The van der Waals surface area contributed by atoms with Gasteiger partial charge >= 0.3 is 15.6 Å². The zero-order valence-electron chi connectivity index (χ0n) is 40.4. The van der Waals surface area contributed by atoms with E-state index in [1.54, 1.807) is 30.3 Å². The fourth-order valence-corrected chi connectivity index (χ4v) is 12.5. The Balaban J connectivity index is 1.22. The number of imidazole rings is 2. The molecule has 1 aromatic carbocycles. The van der Waals surface area contributed by atoms with E-state index in [1.165, 1.54) is 34.4 Å². The van der Waals surface area contributed by atoms with Crippen molar-refractivity contribution in [1.29, 1.82) is 5.26 Å². The number of aromatic amines is 1. The predicted octanol–water partition coefficient (Wildman–Crippen LogP) is 6.74. The highest BCUT2D eigenvalue weighted by Crippen LogP contribution is 2.58. The SMILES string of the molecule is CC(C)(C)[Si](C)(C)O[C@@H]1C2COP(=O)(OCCC#N)O[C@@H]3[C@H](COP(=O)(O)O[C@H]1C(n1cnc4c(=O)[nH]cnc41)O2)OC(n1cnc2c(NC(=O)c4ccccc4)ncnc21)[C@@H]3O[Si](C)(C)C(C)(C)C. The molecule has 2 bridgehead atoms. The van der Waals surface area contributed by atoms with Crippen LogP contribution in [0.25, 0.3) is 22.3 Å². The molecule has 7 heterocycles. The quantitative estimate of drug-likeness (QED) is 0.0700. The number of fused-ring (bicyclic) bond motifs is 5. The normalized spacial score (nSPS) is 29.2. The molecule has 5 aromatic rings. The molecular weight excluding hydrogens is 987 g/mol. The molecular formula is C42H58N10O14P2Si2. The maximum atomic E-state index is 15.3. The van der Waals surface area contributed by atoms with Crippen LogP contribution in [-0.2, 0) is 50.1 Å². The van der Waals surface area contributed by atoms with E-state index in [0.29, 0.717) is 5.56 Å². The van der Waals surface area contributed by atoms with Gasteiger partial charge in [0.15, 0.2) is 57.2 Å². The molecule has 5 unspecified atom stereocenters. The largest absolute Gasteiger partial charge is 0.475 e. The monoisotopic (exact) mass is 1040 g/mol. The number of carbonyl (C=O) groups excluding carboxylic acids is 1. The maximum Gasteiger partial charge on any atom is 0.475 e. The number of hydrogen-bond donors (Lipinski definition) is 3. The van der Waals surface area contributed by atoms with Gasteiger partial charge in [-0.15, -0.1) is 0 Å². The third kappa shape index (κ3) is 10.6. The summed E-state index contributed by atoms with van der Waals surface area (Å²) in [6.07, 6.45) is -5.64. The van der Waals surface area contributed by atoms with Crippen molar-refractivity contribution in [3.05, 3.63) is 71.6 Å². The number of benzene rings is 1. The van der Waals surface area contributed by atoms with Crippen LogP contribution < -0.4 is 10.9 Å². The van der Waals surface area contributed by atoms with Gasteiger partial charge in [0.05, 0.1) is 51.3 Å². The molecule has 3 aliphatic rings. The van der Waals surface area contributed by atoms with E-state index >= 15 is 4.57 Å². The molecule has 3 N–H and O–H groups in total. The molecule has 24 nitrogen and oxygen atoms in total. The maximum absolute atomic E-state index is 15.3. The lowest BCUT2D eigenvalue weighted by Crippen LogP contribution is -2.50. The number of nitrogens with zero attached hydrogens (tertiary/aromatic N) is 8. The fraction of sp³-hybridized carbons (Fsp3) is 0.571. The third-order valence-corrected chi connectivity index (χ3v) is 24.8. The lowest BCUT2D eigenvalue weighted by molar-refractivity contribution is -0.0687. The number of ether oxygens (including phenoxy) is 2. The summed E-state index contributed by atoms with van der Waals surface area (Å²) < 4.78 is 90.6. The molecule has 8 rings (SSSR count). The van der Waals surface area contributed by atoms with Crippen molar-refractivity contribution in [3.63, 3.8) is 0 Å². The van der Waals surface area contributed by atoms with Crippen molar-refractivity contribution in [1.82, 2.24) is 39.0 Å². The number of nitriles is 1. The average Bonchev–Trinajstić information content (AvgIpc) is 4.06. The number of nitrogens with one attached hydrogen (secondary N) is 2. The molecule has 0 spiro atoms. The molecule has 28 heteroatoms. The summed E-state index contributed by atoms with van der Waals surface area (Å²) in [5.41, 5.74) is 0.219. The van der Waals surface area contributed by atoms with Crippen LogP contribution in [0, 0.1) is 11.3 Å². The van der Waals surface area contributed by atoms with Crippen molar-refractivity contribution in [2.75, 3.05) is 25.1 Å². The van der Waals surface area contributed by atoms with Gasteiger partial charge in [0.25, 0.3) is 11.5 Å². The van der Waals surface area contributed by atoms with Gasteiger partial charge in [-0.05, 0) is 48.4 Å². The Labute approximate surface area is 405 Å². The number of phosphoric ester groups is 2. The fourth-order valence-electron chi connectivity index (χ4n) is 7.59. The first-order valence-electron chi connectivity index (χ1n) is 22.5. The van der Waals surface area contributed by atoms with Crippen molar-refractivity contribution < 1.29 is 59.8 Å². The molecule has 3 saturated heterocycles. The second-order valence-electron chi connectivity index (χ2n) is 20.1. The standard InChI is InChI=1S/C42H58N10O14P2Si2/c1-41(2,3)69(7,8)65-31-27-20-60-68(57,58-18-14-17-43)64-30-26(19-59-67(55,56)63-32(31)39(62-27)52-24-49-29-36(52)46-22-47-38(29)54)61-40(33(30)66-70(9,10)42(4,5)6)51-23-48-28-34(44-21-45-35(28)51)50-37(53)25-15-12-11-13-16-25/h11-13,15-16,21-24,26-27,30-33,39-40H,14,18-20H2,1-10H3,(H,55,56)(H,46,47,54)(H,44,45,50,53)/t26-,27?,30+,31+,32+,33+,39?,40?,68?/m0/s1. The second kappa shape index (κ2) is 19.5. The summed E-state index contributed by atoms with van der Waals surface area (Å²) in [5, 5.41) is 11.5. The highest BCUT2D eigenvalue weighted by atomic mass is 31.2. The van der Waals surface area contributed by atoms with E-state index in [-0.39, 0.29) is 34.6 Å². The molecule has 0 aliphatic carbocycles. The van der Waals surface area contributed by atoms with Crippen LogP contribution in [-0.4, -0.2) is 123 Å². The zero-order valence-corrected chi connectivity index (χ0v) is 44.2. The average molecular weight is 1050 g/mol. The molecule has 0 saturated carbocycles. The minimum Gasteiger partial charge on any atom is -0.408 e. The minimum atomic E-state index is -5.20. The summed E-state index contributed by atoms with van der Waals surface area (Å²) in [6.45, 7) is 18.2. The third-order valence-electron chi connectivity index (χ3n) is 13.4. The Morgan fingerprint density at radius 3 is 2.13 bits per heavy atom. The van der Waals surface area contributed by atoms with Crippen molar-refractivity contribution >= 4 is 66.3 Å². The number of anilines is 1. The second-order valence-corrected chi connectivity index (χ2v) is 32.7. The summed E-state index contributed by atoms with van der Waals surface area (Å²) in [4.78, 5) is 62.2. The molecule has 3 fully saturated rings. The van der Waals surface area contributed by atoms with Crippen LogP contribution in [0.1, 0.15) is 70.8 Å². The Morgan fingerprint density at radius 2 is 1.46 bits per heavy atom. The van der Waals surface area contributed by atoms with Gasteiger partial charge < -0.3 is 33.5 Å². The number of rotatable bonds is 11. The van der Waals surface area contributed by atoms with Gasteiger partial charge in [-0.25, -0.2) is 34.0 Å². The van der Waals surface area contributed by atoms with Crippen LogP contribution in [0.3, 0.4) is 0 Å². The van der Waals surface area contributed by atoms with Crippen molar-refractivity contribution in [2.45, 2.75) is 133 Å². The number of aromatic nitrogens is 8.